The first-order valence-electron chi connectivity index (χ1n) is 8.99. The van der Waals surface area contributed by atoms with Gasteiger partial charge in [-0.2, -0.15) is 0 Å². The summed E-state index contributed by atoms with van der Waals surface area (Å²) < 4.78 is 31.4. The topological polar surface area (TPSA) is 75.7 Å². The minimum Gasteiger partial charge on any atom is -0.478 e. The molecule has 1 fully saturated rings. The number of rotatable bonds is 3. The highest BCUT2D eigenvalue weighted by Gasteiger charge is 2.31. The fraction of sp³-hybridized carbons (Fsp3) is 0.611. The van der Waals surface area contributed by atoms with Gasteiger partial charge in [0.05, 0.1) is 11.9 Å². The van der Waals surface area contributed by atoms with E-state index in [2.05, 4.69) is 5.32 Å². The van der Waals surface area contributed by atoms with Crippen molar-refractivity contribution in [3.05, 3.63) is 24.3 Å². The Balaban J connectivity index is 1.75. The van der Waals surface area contributed by atoms with Crippen LogP contribution in [0.3, 0.4) is 0 Å². The van der Waals surface area contributed by atoms with Crippen molar-refractivity contribution in [1.82, 2.24) is 5.32 Å². The molecule has 7 heteroatoms. The van der Waals surface area contributed by atoms with Crippen LogP contribution in [0.5, 0.6) is 5.75 Å². The molecule has 1 aliphatic heterocycles. The molecule has 138 valence electrons. The summed E-state index contributed by atoms with van der Waals surface area (Å²) in [5.41, 5.74) is 0.495. The molecule has 25 heavy (non-hydrogen) atoms. The number of para-hydroxylation sites is 2. The molecular formula is C18H26N2O4S. The molecule has 0 radical (unpaired) electrons. The van der Waals surface area contributed by atoms with Gasteiger partial charge in [-0.3, -0.25) is 9.10 Å². The molecule has 1 amide bonds. The van der Waals surface area contributed by atoms with Crippen LogP contribution in [-0.4, -0.2) is 39.3 Å². The molecule has 1 saturated carbocycles. The fourth-order valence-electron chi connectivity index (χ4n) is 3.58. The Labute approximate surface area is 149 Å². The molecule has 1 aliphatic carbocycles. The minimum absolute atomic E-state index is 0.142. The number of carbonyl (C=O) groups is 1. The van der Waals surface area contributed by atoms with Crippen LogP contribution in [0, 0.1) is 0 Å². The summed E-state index contributed by atoms with van der Waals surface area (Å²) in [6.45, 7) is 0.235. The lowest BCUT2D eigenvalue weighted by molar-refractivity contribution is -0.128. The van der Waals surface area contributed by atoms with Gasteiger partial charge in [-0.05, 0) is 25.0 Å². The Kier molecular flexibility index (Phi) is 5.51. The number of hydrogen-bond acceptors (Lipinski definition) is 4. The minimum atomic E-state index is -3.42. The molecule has 0 spiro atoms. The van der Waals surface area contributed by atoms with Crippen molar-refractivity contribution in [2.45, 2.75) is 57.1 Å². The molecule has 1 aromatic rings. The van der Waals surface area contributed by atoms with E-state index < -0.39 is 16.1 Å². The Hall–Kier alpha value is -1.76. The molecule has 6 nitrogen and oxygen atoms in total. The van der Waals surface area contributed by atoms with E-state index in [4.69, 9.17) is 4.74 Å². The second-order valence-electron chi connectivity index (χ2n) is 6.90. The smallest absolute Gasteiger partial charge is 0.261 e. The Morgan fingerprint density at radius 2 is 1.80 bits per heavy atom. The normalized spacial score (nSPS) is 22.3. The quantitative estimate of drug-likeness (QED) is 0.834. The predicted molar refractivity (Wildman–Crippen MR) is 97.3 cm³/mol. The van der Waals surface area contributed by atoms with Crippen molar-refractivity contribution >= 4 is 21.6 Å². The monoisotopic (exact) mass is 366 g/mol. The third kappa shape index (κ3) is 4.45. The zero-order valence-electron chi connectivity index (χ0n) is 14.6. The Bertz CT molecular complexity index is 712. The molecule has 1 atom stereocenters. The standard InChI is InChI=1S/C18H26N2O4S/c1-25(22,23)20-13-12-17(24-16-11-7-6-10-15(16)20)18(21)19-14-8-4-2-3-5-9-14/h6-7,10-11,14,17H,2-5,8-9,12-13H2,1H3,(H,19,21)/t17-/m1/s1. The van der Waals surface area contributed by atoms with Crippen LogP contribution in [-0.2, 0) is 14.8 Å². The first kappa shape index (κ1) is 18.0. The molecule has 0 bridgehead atoms. The highest BCUT2D eigenvalue weighted by molar-refractivity contribution is 7.92. The number of hydrogen-bond donors (Lipinski definition) is 1. The van der Waals surface area contributed by atoms with Crippen molar-refractivity contribution in [2.75, 3.05) is 17.1 Å². The van der Waals surface area contributed by atoms with Crippen molar-refractivity contribution in [1.29, 1.82) is 0 Å². The lowest BCUT2D eigenvalue weighted by Crippen LogP contribution is -2.44. The van der Waals surface area contributed by atoms with Gasteiger partial charge in [-0.15, -0.1) is 0 Å². The Morgan fingerprint density at radius 1 is 1.12 bits per heavy atom. The summed E-state index contributed by atoms with van der Waals surface area (Å²) in [7, 11) is -3.42. The largest absolute Gasteiger partial charge is 0.478 e. The van der Waals surface area contributed by atoms with E-state index >= 15 is 0 Å². The summed E-state index contributed by atoms with van der Waals surface area (Å²) in [5.74, 6) is 0.295. The van der Waals surface area contributed by atoms with E-state index in [1.807, 2.05) is 0 Å². The highest BCUT2D eigenvalue weighted by Crippen LogP contribution is 2.33. The Morgan fingerprint density at radius 3 is 2.48 bits per heavy atom. The van der Waals surface area contributed by atoms with Crippen molar-refractivity contribution in [3.63, 3.8) is 0 Å². The third-order valence-electron chi connectivity index (χ3n) is 4.89. The molecular weight excluding hydrogens is 340 g/mol. The molecule has 1 aromatic carbocycles. The maximum atomic E-state index is 12.7. The van der Waals surface area contributed by atoms with Crippen LogP contribution < -0.4 is 14.4 Å². The molecule has 3 rings (SSSR count). The van der Waals surface area contributed by atoms with Gasteiger partial charge in [0.2, 0.25) is 10.0 Å². The second-order valence-corrected chi connectivity index (χ2v) is 8.80. The molecule has 1 N–H and O–H groups in total. The number of sulfonamides is 1. The second kappa shape index (κ2) is 7.64. The van der Waals surface area contributed by atoms with Gasteiger partial charge in [0, 0.05) is 19.0 Å². The van der Waals surface area contributed by atoms with Crippen molar-refractivity contribution < 1.29 is 17.9 Å². The van der Waals surface area contributed by atoms with Crippen LogP contribution in [0.1, 0.15) is 44.9 Å². The number of benzene rings is 1. The summed E-state index contributed by atoms with van der Waals surface area (Å²) in [6.07, 6.45) is 7.58. The summed E-state index contributed by atoms with van der Waals surface area (Å²) in [4.78, 5) is 12.7. The van der Waals surface area contributed by atoms with Crippen LogP contribution in [0.4, 0.5) is 5.69 Å². The molecule has 0 unspecified atom stereocenters. The highest BCUT2D eigenvalue weighted by atomic mass is 32.2. The van der Waals surface area contributed by atoms with Gasteiger partial charge in [0.1, 0.15) is 5.75 Å². The number of nitrogens with zero attached hydrogens (tertiary/aromatic N) is 1. The van der Waals surface area contributed by atoms with Crippen LogP contribution in [0.2, 0.25) is 0 Å². The number of anilines is 1. The lowest BCUT2D eigenvalue weighted by Gasteiger charge is -2.21. The van der Waals surface area contributed by atoms with Gasteiger partial charge >= 0.3 is 0 Å². The zero-order chi connectivity index (χ0) is 17.9. The number of ether oxygens (including phenoxy) is 1. The van der Waals surface area contributed by atoms with Crippen LogP contribution in [0.25, 0.3) is 0 Å². The van der Waals surface area contributed by atoms with E-state index in [1.165, 1.54) is 23.4 Å². The first-order chi connectivity index (χ1) is 11.9. The van der Waals surface area contributed by atoms with E-state index in [-0.39, 0.29) is 18.5 Å². The summed E-state index contributed by atoms with van der Waals surface area (Å²) >= 11 is 0. The number of amides is 1. The lowest BCUT2D eigenvalue weighted by atomic mass is 10.1. The first-order valence-corrected chi connectivity index (χ1v) is 10.8. The van der Waals surface area contributed by atoms with Gasteiger partial charge in [-0.1, -0.05) is 37.8 Å². The zero-order valence-corrected chi connectivity index (χ0v) is 15.4. The van der Waals surface area contributed by atoms with Gasteiger partial charge in [0.15, 0.2) is 6.10 Å². The van der Waals surface area contributed by atoms with Crippen molar-refractivity contribution in [2.24, 2.45) is 0 Å². The van der Waals surface area contributed by atoms with Crippen LogP contribution >= 0.6 is 0 Å². The van der Waals surface area contributed by atoms with Crippen molar-refractivity contribution in [3.8, 4) is 5.75 Å². The van der Waals surface area contributed by atoms with E-state index in [1.54, 1.807) is 24.3 Å². The summed E-state index contributed by atoms with van der Waals surface area (Å²) in [6, 6.07) is 7.17. The number of nitrogens with one attached hydrogen (secondary N) is 1. The fourth-order valence-corrected chi connectivity index (χ4v) is 4.52. The number of fused-ring (bicyclic) bond motifs is 1. The number of carbonyl (C=O) groups excluding carboxylic acids is 1. The van der Waals surface area contributed by atoms with E-state index in [0.717, 1.165) is 25.7 Å². The van der Waals surface area contributed by atoms with Crippen LogP contribution in [0.15, 0.2) is 24.3 Å². The SMILES string of the molecule is CS(=O)(=O)N1CC[C@H](C(=O)NC2CCCCCC2)Oc2ccccc21. The maximum Gasteiger partial charge on any atom is 0.261 e. The molecule has 2 aliphatic rings. The van der Waals surface area contributed by atoms with E-state index in [9.17, 15) is 13.2 Å². The van der Waals surface area contributed by atoms with Gasteiger partial charge in [-0.25, -0.2) is 8.42 Å². The maximum absolute atomic E-state index is 12.7. The molecule has 1 heterocycles. The van der Waals surface area contributed by atoms with E-state index in [0.29, 0.717) is 17.9 Å². The predicted octanol–water partition coefficient (Wildman–Crippen LogP) is 2.44. The molecule has 0 aromatic heterocycles. The third-order valence-corrected chi connectivity index (χ3v) is 6.07. The van der Waals surface area contributed by atoms with Gasteiger partial charge in [0.25, 0.3) is 5.91 Å². The average Bonchev–Trinajstić information content (AvgIpc) is 2.92. The molecule has 0 saturated heterocycles. The summed E-state index contributed by atoms with van der Waals surface area (Å²) in [5, 5.41) is 3.11. The average molecular weight is 366 g/mol. The van der Waals surface area contributed by atoms with Gasteiger partial charge < -0.3 is 10.1 Å².